The second-order valence-corrected chi connectivity index (χ2v) is 4.44. The average Bonchev–Trinajstić information content (AvgIpc) is 2.92. The molecule has 0 bridgehead atoms. The molecular formula is C11H14N6OS. The molecule has 0 aliphatic heterocycles. The lowest BCUT2D eigenvalue weighted by Crippen LogP contribution is -2.19. The largest absolute Gasteiger partial charge is 0.389 e. The van der Waals surface area contributed by atoms with Crippen LogP contribution in [0.25, 0.3) is 5.82 Å². The molecule has 2 aromatic heterocycles. The van der Waals surface area contributed by atoms with Crippen molar-refractivity contribution in [1.82, 2.24) is 24.9 Å². The molecule has 0 atom stereocenters. The molecule has 2 aromatic rings. The third-order valence-corrected chi connectivity index (χ3v) is 2.91. The van der Waals surface area contributed by atoms with E-state index in [2.05, 4.69) is 15.5 Å². The normalized spacial score (nSPS) is 10.5. The summed E-state index contributed by atoms with van der Waals surface area (Å²) in [6.07, 6.45) is 1.67. The highest BCUT2D eigenvalue weighted by atomic mass is 32.1. The molecule has 2 rings (SSSR count). The molecular weight excluding hydrogens is 264 g/mol. The maximum atomic E-state index is 11.5. The van der Waals surface area contributed by atoms with Crippen molar-refractivity contribution in [3.8, 4) is 5.82 Å². The minimum atomic E-state index is -0.255. The SMILES string of the molecule is CNC(=O)c1ccn(-c2c(C(N)=S)c(C)nn2C)n1. The van der Waals surface area contributed by atoms with E-state index in [9.17, 15) is 4.79 Å². The van der Waals surface area contributed by atoms with Crippen molar-refractivity contribution < 1.29 is 4.79 Å². The van der Waals surface area contributed by atoms with Gasteiger partial charge in [0.15, 0.2) is 11.5 Å². The van der Waals surface area contributed by atoms with Crippen LogP contribution in [0.3, 0.4) is 0 Å². The van der Waals surface area contributed by atoms with E-state index >= 15 is 0 Å². The average molecular weight is 278 g/mol. The van der Waals surface area contributed by atoms with Crippen LogP contribution in [0.1, 0.15) is 21.7 Å². The Hall–Kier alpha value is -2.22. The lowest BCUT2D eigenvalue weighted by molar-refractivity contribution is 0.0957. The lowest BCUT2D eigenvalue weighted by Gasteiger charge is -2.05. The van der Waals surface area contributed by atoms with Gasteiger partial charge in [-0.15, -0.1) is 0 Å². The summed E-state index contributed by atoms with van der Waals surface area (Å²) < 4.78 is 3.17. The first kappa shape index (κ1) is 13.2. The molecule has 0 saturated heterocycles. The maximum Gasteiger partial charge on any atom is 0.271 e. The van der Waals surface area contributed by atoms with Gasteiger partial charge in [-0.2, -0.15) is 10.2 Å². The monoisotopic (exact) mass is 278 g/mol. The summed E-state index contributed by atoms with van der Waals surface area (Å²) in [6, 6.07) is 1.62. The number of nitrogens with zero attached hydrogens (tertiary/aromatic N) is 4. The van der Waals surface area contributed by atoms with E-state index in [1.807, 2.05) is 6.92 Å². The van der Waals surface area contributed by atoms with Crippen molar-refractivity contribution in [2.75, 3.05) is 7.05 Å². The molecule has 0 fully saturated rings. The Kier molecular flexibility index (Phi) is 3.34. The predicted molar refractivity (Wildman–Crippen MR) is 74.3 cm³/mol. The Balaban J connectivity index is 2.56. The summed E-state index contributed by atoms with van der Waals surface area (Å²) in [5.74, 6) is 0.384. The molecule has 0 aliphatic rings. The Morgan fingerprint density at radius 1 is 1.47 bits per heavy atom. The number of aromatic nitrogens is 4. The third kappa shape index (κ3) is 2.22. The van der Waals surface area contributed by atoms with Crippen LogP contribution in [-0.4, -0.2) is 37.5 Å². The molecule has 3 N–H and O–H groups in total. The molecule has 0 aliphatic carbocycles. The van der Waals surface area contributed by atoms with Crippen molar-refractivity contribution in [3.05, 3.63) is 29.2 Å². The van der Waals surface area contributed by atoms with Gasteiger partial charge < -0.3 is 11.1 Å². The van der Waals surface area contributed by atoms with Crippen LogP contribution in [0.5, 0.6) is 0 Å². The first-order chi connectivity index (χ1) is 8.95. The van der Waals surface area contributed by atoms with E-state index < -0.39 is 0 Å². The molecule has 100 valence electrons. The number of hydrogen-bond acceptors (Lipinski definition) is 4. The second kappa shape index (κ2) is 4.81. The van der Waals surface area contributed by atoms with Crippen molar-refractivity contribution in [3.63, 3.8) is 0 Å². The molecule has 0 radical (unpaired) electrons. The zero-order chi connectivity index (χ0) is 14.2. The third-order valence-electron chi connectivity index (χ3n) is 2.70. The molecule has 0 unspecified atom stereocenters. The number of thiocarbonyl (C=S) groups is 1. The van der Waals surface area contributed by atoms with Crippen LogP contribution in [0.4, 0.5) is 0 Å². The van der Waals surface area contributed by atoms with Gasteiger partial charge in [0.1, 0.15) is 4.99 Å². The van der Waals surface area contributed by atoms with Gasteiger partial charge in [-0.3, -0.25) is 9.48 Å². The van der Waals surface area contributed by atoms with Gasteiger partial charge in [-0.1, -0.05) is 12.2 Å². The maximum absolute atomic E-state index is 11.5. The van der Waals surface area contributed by atoms with E-state index in [1.165, 1.54) is 0 Å². The lowest BCUT2D eigenvalue weighted by atomic mass is 10.2. The van der Waals surface area contributed by atoms with Gasteiger partial charge in [0, 0.05) is 20.3 Å². The highest BCUT2D eigenvalue weighted by Crippen LogP contribution is 2.17. The van der Waals surface area contributed by atoms with Gasteiger partial charge in [0.2, 0.25) is 0 Å². The van der Waals surface area contributed by atoms with E-state index in [4.69, 9.17) is 18.0 Å². The Labute approximate surface area is 115 Å². The van der Waals surface area contributed by atoms with Crippen LogP contribution in [0.2, 0.25) is 0 Å². The molecule has 0 aromatic carbocycles. The smallest absolute Gasteiger partial charge is 0.271 e. The molecule has 8 heteroatoms. The fraction of sp³-hybridized carbons (Fsp3) is 0.273. The van der Waals surface area contributed by atoms with Gasteiger partial charge >= 0.3 is 0 Å². The highest BCUT2D eigenvalue weighted by molar-refractivity contribution is 7.80. The first-order valence-corrected chi connectivity index (χ1v) is 5.98. The van der Waals surface area contributed by atoms with Crippen LogP contribution in [-0.2, 0) is 7.05 Å². The molecule has 1 amide bonds. The van der Waals surface area contributed by atoms with Crippen LogP contribution in [0.15, 0.2) is 12.3 Å². The number of carbonyl (C=O) groups excluding carboxylic acids is 1. The van der Waals surface area contributed by atoms with Crippen molar-refractivity contribution in [1.29, 1.82) is 0 Å². The van der Waals surface area contributed by atoms with Crippen LogP contribution >= 0.6 is 12.2 Å². The van der Waals surface area contributed by atoms with E-state index in [0.29, 0.717) is 17.1 Å². The molecule has 0 spiro atoms. The van der Waals surface area contributed by atoms with Gasteiger partial charge in [0.25, 0.3) is 5.91 Å². The molecule has 0 saturated carbocycles. The summed E-state index contributed by atoms with van der Waals surface area (Å²) in [5, 5.41) is 11.0. The Bertz CT molecular complexity index is 656. The van der Waals surface area contributed by atoms with E-state index in [1.54, 1.807) is 35.7 Å². The van der Waals surface area contributed by atoms with E-state index in [-0.39, 0.29) is 10.9 Å². The number of carbonyl (C=O) groups is 1. The summed E-state index contributed by atoms with van der Waals surface area (Å²) in [7, 11) is 3.32. The summed E-state index contributed by atoms with van der Waals surface area (Å²) in [5.41, 5.74) is 7.41. The van der Waals surface area contributed by atoms with Gasteiger partial charge in [-0.25, -0.2) is 4.68 Å². The van der Waals surface area contributed by atoms with Crippen molar-refractivity contribution in [2.45, 2.75) is 6.92 Å². The highest BCUT2D eigenvalue weighted by Gasteiger charge is 2.19. The number of amides is 1. The number of rotatable bonds is 3. The summed E-state index contributed by atoms with van der Waals surface area (Å²) >= 11 is 5.04. The second-order valence-electron chi connectivity index (χ2n) is 4.00. The summed E-state index contributed by atoms with van der Waals surface area (Å²) in [4.78, 5) is 11.8. The van der Waals surface area contributed by atoms with Crippen LogP contribution in [0, 0.1) is 6.92 Å². The Morgan fingerprint density at radius 2 is 2.16 bits per heavy atom. The zero-order valence-electron chi connectivity index (χ0n) is 10.8. The predicted octanol–water partition coefficient (Wildman–Crippen LogP) is -0.0920. The minimum absolute atomic E-state index is 0.248. The minimum Gasteiger partial charge on any atom is -0.389 e. The zero-order valence-corrected chi connectivity index (χ0v) is 11.7. The summed E-state index contributed by atoms with van der Waals surface area (Å²) in [6.45, 7) is 1.82. The quantitative estimate of drug-likeness (QED) is 0.766. The molecule has 7 nitrogen and oxygen atoms in total. The number of nitrogens with two attached hydrogens (primary N) is 1. The van der Waals surface area contributed by atoms with E-state index in [0.717, 1.165) is 5.69 Å². The fourth-order valence-electron chi connectivity index (χ4n) is 1.89. The molecule has 2 heterocycles. The topological polar surface area (TPSA) is 90.8 Å². The Morgan fingerprint density at radius 3 is 2.74 bits per heavy atom. The first-order valence-electron chi connectivity index (χ1n) is 5.57. The standard InChI is InChI=1S/C11H14N6OS/c1-6-8(9(12)19)11(16(3)14-6)17-5-4-7(15-17)10(18)13-2/h4-5H,1-3H3,(H2,12,19)(H,13,18). The number of aryl methyl sites for hydroxylation is 2. The number of nitrogens with one attached hydrogen (secondary N) is 1. The molecule has 19 heavy (non-hydrogen) atoms. The fourth-order valence-corrected chi connectivity index (χ4v) is 2.13. The van der Waals surface area contributed by atoms with Gasteiger partial charge in [0.05, 0.1) is 11.3 Å². The number of hydrogen-bond donors (Lipinski definition) is 2. The van der Waals surface area contributed by atoms with Gasteiger partial charge in [-0.05, 0) is 13.0 Å². The van der Waals surface area contributed by atoms with Crippen molar-refractivity contribution >= 4 is 23.1 Å². The van der Waals surface area contributed by atoms with Crippen LogP contribution < -0.4 is 11.1 Å². The van der Waals surface area contributed by atoms with Crippen molar-refractivity contribution in [2.24, 2.45) is 12.8 Å².